The van der Waals surface area contributed by atoms with Gasteiger partial charge < -0.3 is 10.3 Å². The summed E-state index contributed by atoms with van der Waals surface area (Å²) in [5.41, 5.74) is 2.14. The fourth-order valence-corrected chi connectivity index (χ4v) is 1.84. The zero-order valence-electron chi connectivity index (χ0n) is 8.66. The monoisotopic (exact) mass is 201 g/mol. The van der Waals surface area contributed by atoms with Crippen molar-refractivity contribution in [1.29, 1.82) is 0 Å². The number of nitrogens with one attached hydrogen (secondary N) is 2. The van der Waals surface area contributed by atoms with Gasteiger partial charge in [0.15, 0.2) is 0 Å². The Hall–Kier alpha value is -1.51. The Kier molecular flexibility index (Phi) is 2.09. The van der Waals surface area contributed by atoms with Crippen molar-refractivity contribution in [2.45, 2.75) is 19.3 Å². The Balaban J connectivity index is 1.68. The summed E-state index contributed by atoms with van der Waals surface area (Å²) in [6, 6.07) is 8.11. The van der Waals surface area contributed by atoms with E-state index in [1.54, 1.807) is 0 Å². The predicted octanol–water partition coefficient (Wildman–Crippen LogP) is 2.77. The molecule has 0 atom stereocenters. The molecule has 0 aliphatic heterocycles. The number of rotatable bonds is 4. The average Bonchev–Trinajstić information content (AvgIpc) is 2.97. The van der Waals surface area contributed by atoms with Gasteiger partial charge in [0.2, 0.25) is 5.95 Å². The molecule has 0 amide bonds. The van der Waals surface area contributed by atoms with Crippen LogP contribution in [-0.4, -0.2) is 16.5 Å². The summed E-state index contributed by atoms with van der Waals surface area (Å²) < 4.78 is 0. The van der Waals surface area contributed by atoms with E-state index in [1.165, 1.54) is 19.3 Å². The lowest BCUT2D eigenvalue weighted by Crippen LogP contribution is -2.03. The van der Waals surface area contributed by atoms with Gasteiger partial charge in [-0.3, -0.25) is 0 Å². The Bertz CT molecular complexity index is 424. The summed E-state index contributed by atoms with van der Waals surface area (Å²) in [6.45, 7) is 1.03. The van der Waals surface area contributed by atoms with Crippen LogP contribution in [0.4, 0.5) is 5.95 Å². The minimum absolute atomic E-state index is 0.900. The molecule has 1 aliphatic carbocycles. The first-order chi connectivity index (χ1) is 7.42. The van der Waals surface area contributed by atoms with Gasteiger partial charge in [-0.15, -0.1) is 0 Å². The molecule has 3 rings (SSSR count). The van der Waals surface area contributed by atoms with E-state index < -0.39 is 0 Å². The molecule has 78 valence electrons. The summed E-state index contributed by atoms with van der Waals surface area (Å²) in [5.74, 6) is 1.87. The van der Waals surface area contributed by atoms with Gasteiger partial charge in [0.05, 0.1) is 11.0 Å². The topological polar surface area (TPSA) is 40.7 Å². The van der Waals surface area contributed by atoms with E-state index in [4.69, 9.17) is 0 Å². The molecule has 1 heterocycles. The number of imidazole rings is 1. The van der Waals surface area contributed by atoms with Crippen molar-refractivity contribution < 1.29 is 0 Å². The molecule has 0 radical (unpaired) electrons. The minimum Gasteiger partial charge on any atom is -0.356 e. The molecule has 3 heteroatoms. The number of H-pyrrole nitrogens is 1. The van der Waals surface area contributed by atoms with Gasteiger partial charge in [0.1, 0.15) is 0 Å². The Morgan fingerprint density at radius 2 is 2.20 bits per heavy atom. The van der Waals surface area contributed by atoms with Crippen LogP contribution in [0.3, 0.4) is 0 Å². The summed E-state index contributed by atoms with van der Waals surface area (Å²) in [6.07, 6.45) is 4.11. The molecule has 1 fully saturated rings. The van der Waals surface area contributed by atoms with E-state index in [1.807, 2.05) is 18.2 Å². The highest BCUT2D eigenvalue weighted by Crippen LogP contribution is 2.32. The van der Waals surface area contributed by atoms with Crippen LogP contribution in [0, 0.1) is 5.92 Å². The maximum Gasteiger partial charge on any atom is 0.201 e. The lowest BCUT2D eigenvalue weighted by atomic mass is 10.3. The number of para-hydroxylation sites is 2. The summed E-state index contributed by atoms with van der Waals surface area (Å²) in [7, 11) is 0. The molecule has 2 aromatic rings. The lowest BCUT2D eigenvalue weighted by Gasteiger charge is -1.99. The first kappa shape index (κ1) is 8.77. The molecule has 1 saturated carbocycles. The van der Waals surface area contributed by atoms with Crippen LogP contribution >= 0.6 is 0 Å². The molecule has 15 heavy (non-hydrogen) atoms. The third kappa shape index (κ3) is 1.96. The lowest BCUT2D eigenvalue weighted by molar-refractivity contribution is 0.757. The molecule has 0 bridgehead atoms. The second-order valence-corrected chi connectivity index (χ2v) is 4.26. The van der Waals surface area contributed by atoms with Gasteiger partial charge >= 0.3 is 0 Å². The largest absolute Gasteiger partial charge is 0.356 e. The van der Waals surface area contributed by atoms with Crippen molar-refractivity contribution in [1.82, 2.24) is 9.97 Å². The Morgan fingerprint density at radius 1 is 1.33 bits per heavy atom. The van der Waals surface area contributed by atoms with E-state index in [0.29, 0.717) is 0 Å². The number of fused-ring (bicyclic) bond motifs is 1. The fourth-order valence-electron chi connectivity index (χ4n) is 1.84. The van der Waals surface area contributed by atoms with Crippen LogP contribution in [0.5, 0.6) is 0 Å². The zero-order valence-corrected chi connectivity index (χ0v) is 8.66. The maximum atomic E-state index is 4.46. The first-order valence-corrected chi connectivity index (χ1v) is 5.60. The van der Waals surface area contributed by atoms with Gasteiger partial charge in [-0.1, -0.05) is 25.0 Å². The van der Waals surface area contributed by atoms with E-state index in [9.17, 15) is 0 Å². The number of hydrogen-bond donors (Lipinski definition) is 2. The second kappa shape index (κ2) is 3.57. The number of anilines is 1. The highest BCUT2D eigenvalue weighted by atomic mass is 15.1. The van der Waals surface area contributed by atoms with Crippen molar-refractivity contribution in [3.05, 3.63) is 24.3 Å². The van der Waals surface area contributed by atoms with Crippen LogP contribution < -0.4 is 5.32 Å². The zero-order chi connectivity index (χ0) is 10.1. The van der Waals surface area contributed by atoms with Crippen molar-refractivity contribution in [3.8, 4) is 0 Å². The van der Waals surface area contributed by atoms with Crippen LogP contribution in [-0.2, 0) is 0 Å². The third-order valence-corrected chi connectivity index (χ3v) is 2.93. The summed E-state index contributed by atoms with van der Waals surface area (Å²) in [4.78, 5) is 7.73. The SMILES string of the molecule is c1ccc2[nH]c(NCCC3CC3)nc2c1. The first-order valence-electron chi connectivity index (χ1n) is 5.60. The maximum absolute atomic E-state index is 4.46. The van der Waals surface area contributed by atoms with E-state index in [2.05, 4.69) is 21.4 Å². The van der Waals surface area contributed by atoms with Crippen molar-refractivity contribution in [3.63, 3.8) is 0 Å². The molecule has 3 nitrogen and oxygen atoms in total. The van der Waals surface area contributed by atoms with Crippen molar-refractivity contribution in [2.75, 3.05) is 11.9 Å². The van der Waals surface area contributed by atoms with Gasteiger partial charge in [-0.2, -0.15) is 0 Å². The molecular weight excluding hydrogens is 186 g/mol. The fraction of sp³-hybridized carbons (Fsp3) is 0.417. The van der Waals surface area contributed by atoms with Gasteiger partial charge in [-0.25, -0.2) is 4.98 Å². The molecule has 2 N–H and O–H groups in total. The second-order valence-electron chi connectivity index (χ2n) is 4.26. The molecule has 1 aromatic heterocycles. The van der Waals surface area contributed by atoms with Crippen molar-refractivity contribution >= 4 is 17.0 Å². The van der Waals surface area contributed by atoms with Gasteiger partial charge in [0.25, 0.3) is 0 Å². The minimum atomic E-state index is 0.900. The third-order valence-electron chi connectivity index (χ3n) is 2.93. The number of aromatic amines is 1. The number of benzene rings is 1. The van der Waals surface area contributed by atoms with E-state index >= 15 is 0 Å². The molecule has 0 unspecified atom stereocenters. The summed E-state index contributed by atoms with van der Waals surface area (Å²) >= 11 is 0. The van der Waals surface area contributed by atoms with E-state index in [-0.39, 0.29) is 0 Å². The predicted molar refractivity (Wildman–Crippen MR) is 61.9 cm³/mol. The van der Waals surface area contributed by atoms with Crippen LogP contribution in [0.2, 0.25) is 0 Å². The molecular formula is C12H15N3. The summed E-state index contributed by atoms with van der Waals surface area (Å²) in [5, 5.41) is 3.34. The smallest absolute Gasteiger partial charge is 0.201 e. The standard InChI is InChI=1S/C12H15N3/c1-2-4-11-10(3-1)14-12(15-11)13-8-7-9-5-6-9/h1-4,9H,5-8H2,(H2,13,14,15). The Labute approximate surface area is 88.9 Å². The van der Waals surface area contributed by atoms with Crippen LogP contribution in [0.25, 0.3) is 11.0 Å². The Morgan fingerprint density at radius 3 is 3.00 bits per heavy atom. The van der Waals surface area contributed by atoms with Crippen molar-refractivity contribution in [2.24, 2.45) is 5.92 Å². The number of hydrogen-bond acceptors (Lipinski definition) is 2. The van der Waals surface area contributed by atoms with E-state index in [0.717, 1.165) is 29.4 Å². The molecule has 1 aromatic carbocycles. The normalized spacial score (nSPS) is 15.7. The molecule has 0 saturated heterocycles. The highest BCUT2D eigenvalue weighted by molar-refractivity contribution is 5.77. The highest BCUT2D eigenvalue weighted by Gasteiger charge is 2.20. The van der Waals surface area contributed by atoms with Gasteiger partial charge in [0, 0.05) is 6.54 Å². The number of aromatic nitrogens is 2. The molecule has 0 spiro atoms. The average molecular weight is 201 g/mol. The quantitative estimate of drug-likeness (QED) is 0.798. The molecule has 1 aliphatic rings. The van der Waals surface area contributed by atoms with Crippen LogP contribution in [0.15, 0.2) is 24.3 Å². The number of nitrogens with zero attached hydrogens (tertiary/aromatic N) is 1. The van der Waals surface area contributed by atoms with Crippen LogP contribution in [0.1, 0.15) is 19.3 Å². The van der Waals surface area contributed by atoms with Gasteiger partial charge in [-0.05, 0) is 24.5 Å².